The van der Waals surface area contributed by atoms with Gasteiger partial charge in [-0.15, -0.1) is 0 Å². The zero-order chi connectivity index (χ0) is 18.4. The van der Waals surface area contributed by atoms with Gasteiger partial charge in [0.1, 0.15) is 23.1 Å². The van der Waals surface area contributed by atoms with Gasteiger partial charge in [-0.25, -0.2) is 17.2 Å². The quantitative estimate of drug-likeness (QED) is 0.899. The standard InChI is InChI=1S/C17H11F2NO4S/c1-25(22,23)15-3-2-14(16-12(15)7-13(19)17(16)21)24-11-5-9(8-20)4-10(18)6-11/h2-6,21H,7H2,1H3. The Hall–Kier alpha value is -2.92. The number of nitriles is 1. The first-order chi connectivity index (χ1) is 11.7. The van der Waals surface area contributed by atoms with E-state index in [0.717, 1.165) is 18.4 Å². The number of benzene rings is 2. The van der Waals surface area contributed by atoms with Crippen LogP contribution < -0.4 is 4.74 Å². The zero-order valence-electron chi connectivity index (χ0n) is 12.9. The molecule has 0 fully saturated rings. The third-order valence-corrected chi connectivity index (χ3v) is 4.87. The molecule has 0 saturated carbocycles. The first-order valence-corrected chi connectivity index (χ1v) is 8.92. The van der Waals surface area contributed by atoms with Crippen molar-refractivity contribution in [2.45, 2.75) is 11.3 Å². The minimum atomic E-state index is -3.64. The Kier molecular flexibility index (Phi) is 3.97. The fraction of sp³-hybridized carbons (Fsp3) is 0.118. The maximum Gasteiger partial charge on any atom is 0.175 e. The van der Waals surface area contributed by atoms with Gasteiger partial charge in [-0.3, -0.25) is 0 Å². The highest BCUT2D eigenvalue weighted by Crippen LogP contribution is 2.42. The predicted octanol–water partition coefficient (Wildman–Crippen LogP) is 3.65. The molecule has 2 aromatic carbocycles. The number of ether oxygens (including phenoxy) is 1. The summed E-state index contributed by atoms with van der Waals surface area (Å²) in [7, 11) is -3.64. The second-order valence-electron chi connectivity index (χ2n) is 5.51. The van der Waals surface area contributed by atoms with Crippen molar-refractivity contribution >= 4 is 15.6 Å². The molecule has 0 unspecified atom stereocenters. The van der Waals surface area contributed by atoms with Crippen LogP contribution in [0.25, 0.3) is 5.76 Å². The lowest BCUT2D eigenvalue weighted by molar-refractivity contribution is 0.457. The average molecular weight is 363 g/mol. The summed E-state index contributed by atoms with van der Waals surface area (Å²) in [6, 6.07) is 7.56. The van der Waals surface area contributed by atoms with E-state index >= 15 is 0 Å². The van der Waals surface area contributed by atoms with E-state index in [1.54, 1.807) is 6.07 Å². The molecule has 8 heteroatoms. The topological polar surface area (TPSA) is 87.4 Å². The first kappa shape index (κ1) is 16.9. The second kappa shape index (κ2) is 5.86. The Morgan fingerprint density at radius 1 is 1.24 bits per heavy atom. The van der Waals surface area contributed by atoms with Crippen molar-refractivity contribution in [2.24, 2.45) is 0 Å². The van der Waals surface area contributed by atoms with Crippen molar-refractivity contribution in [1.29, 1.82) is 5.26 Å². The van der Waals surface area contributed by atoms with E-state index in [2.05, 4.69) is 0 Å². The molecule has 0 aromatic heterocycles. The Morgan fingerprint density at radius 2 is 1.96 bits per heavy atom. The molecule has 1 N–H and O–H groups in total. The molecular formula is C17H11F2NO4S. The van der Waals surface area contributed by atoms with Crippen LogP contribution in [0.1, 0.15) is 16.7 Å². The monoisotopic (exact) mass is 363 g/mol. The van der Waals surface area contributed by atoms with E-state index in [0.29, 0.717) is 0 Å². The van der Waals surface area contributed by atoms with Gasteiger partial charge in [0.25, 0.3) is 0 Å². The van der Waals surface area contributed by atoms with Crippen molar-refractivity contribution in [3.63, 3.8) is 0 Å². The zero-order valence-corrected chi connectivity index (χ0v) is 13.7. The number of rotatable bonds is 3. The van der Waals surface area contributed by atoms with Gasteiger partial charge < -0.3 is 9.84 Å². The maximum absolute atomic E-state index is 13.9. The summed E-state index contributed by atoms with van der Waals surface area (Å²) >= 11 is 0. The lowest BCUT2D eigenvalue weighted by Crippen LogP contribution is -2.04. The number of sulfone groups is 1. The molecule has 25 heavy (non-hydrogen) atoms. The highest BCUT2D eigenvalue weighted by molar-refractivity contribution is 7.90. The van der Waals surface area contributed by atoms with Crippen LogP contribution in [0.5, 0.6) is 11.5 Å². The third kappa shape index (κ3) is 3.06. The molecule has 5 nitrogen and oxygen atoms in total. The molecule has 2 aromatic rings. The molecule has 0 atom stereocenters. The molecule has 0 spiro atoms. The first-order valence-electron chi connectivity index (χ1n) is 7.03. The van der Waals surface area contributed by atoms with Crippen molar-refractivity contribution in [3.05, 3.63) is 58.7 Å². The van der Waals surface area contributed by atoms with Gasteiger partial charge in [-0.05, 0) is 29.8 Å². The van der Waals surface area contributed by atoms with Crippen LogP contribution in [0.4, 0.5) is 8.78 Å². The van der Waals surface area contributed by atoms with Crippen molar-refractivity contribution < 1.29 is 27.0 Å². The van der Waals surface area contributed by atoms with Gasteiger partial charge >= 0.3 is 0 Å². The normalized spacial score (nSPS) is 13.5. The molecule has 1 aliphatic rings. The van der Waals surface area contributed by atoms with Crippen LogP contribution in [-0.4, -0.2) is 19.8 Å². The van der Waals surface area contributed by atoms with Gasteiger partial charge in [0, 0.05) is 18.7 Å². The Bertz CT molecular complexity index is 1070. The van der Waals surface area contributed by atoms with Crippen molar-refractivity contribution in [1.82, 2.24) is 0 Å². The smallest absolute Gasteiger partial charge is 0.175 e. The van der Waals surface area contributed by atoms with Crippen LogP contribution in [0, 0.1) is 17.1 Å². The number of nitrogens with zero attached hydrogens (tertiary/aromatic N) is 1. The number of allylic oxidation sites excluding steroid dienone is 1. The van der Waals surface area contributed by atoms with E-state index in [1.807, 2.05) is 0 Å². The second-order valence-corrected chi connectivity index (χ2v) is 7.49. The average Bonchev–Trinajstić information content (AvgIpc) is 2.81. The van der Waals surface area contributed by atoms with E-state index in [-0.39, 0.29) is 39.5 Å². The van der Waals surface area contributed by atoms with Gasteiger partial charge in [0.15, 0.2) is 15.6 Å². The number of hydrogen-bond acceptors (Lipinski definition) is 5. The van der Waals surface area contributed by atoms with E-state index in [9.17, 15) is 22.3 Å². The summed E-state index contributed by atoms with van der Waals surface area (Å²) in [5.74, 6) is -2.38. The highest BCUT2D eigenvalue weighted by atomic mass is 32.2. The number of hydrogen-bond donors (Lipinski definition) is 1. The molecule has 1 aliphatic carbocycles. The molecule has 0 radical (unpaired) electrons. The predicted molar refractivity (Wildman–Crippen MR) is 85.1 cm³/mol. The van der Waals surface area contributed by atoms with Crippen molar-refractivity contribution in [2.75, 3.05) is 6.26 Å². The molecule has 128 valence electrons. The van der Waals surface area contributed by atoms with Crippen molar-refractivity contribution in [3.8, 4) is 17.6 Å². The van der Waals surface area contributed by atoms with Crippen LogP contribution >= 0.6 is 0 Å². The van der Waals surface area contributed by atoms with Gasteiger partial charge in [0.2, 0.25) is 0 Å². The van der Waals surface area contributed by atoms with Crippen LogP contribution in [0.15, 0.2) is 41.1 Å². The fourth-order valence-corrected chi connectivity index (χ4v) is 3.60. The largest absolute Gasteiger partial charge is 0.505 e. The Balaban J connectivity index is 2.15. The summed E-state index contributed by atoms with van der Waals surface area (Å²) in [6.07, 6.45) is 0.593. The molecule has 3 rings (SSSR count). The van der Waals surface area contributed by atoms with Crippen LogP contribution in [0.3, 0.4) is 0 Å². The highest BCUT2D eigenvalue weighted by Gasteiger charge is 2.31. The fourth-order valence-electron chi connectivity index (χ4n) is 2.66. The molecule has 0 saturated heterocycles. The van der Waals surface area contributed by atoms with Gasteiger partial charge in [-0.1, -0.05) is 0 Å². The minimum Gasteiger partial charge on any atom is -0.505 e. The van der Waals surface area contributed by atoms with E-state index < -0.39 is 27.2 Å². The summed E-state index contributed by atoms with van der Waals surface area (Å²) < 4.78 is 56.6. The number of fused-ring (bicyclic) bond motifs is 1. The summed E-state index contributed by atoms with van der Waals surface area (Å²) in [5, 5.41) is 18.8. The molecular weight excluding hydrogens is 352 g/mol. The Morgan fingerprint density at radius 3 is 2.60 bits per heavy atom. The lowest BCUT2D eigenvalue weighted by Gasteiger charge is -2.13. The SMILES string of the molecule is CS(=O)(=O)c1ccc(Oc2cc(F)cc(C#N)c2)c2c1CC(F)=C2O. The van der Waals surface area contributed by atoms with E-state index in [4.69, 9.17) is 10.00 Å². The summed E-state index contributed by atoms with van der Waals surface area (Å²) in [4.78, 5) is -0.119. The number of aliphatic hydroxyl groups excluding tert-OH is 1. The lowest BCUT2D eigenvalue weighted by atomic mass is 10.1. The van der Waals surface area contributed by atoms with Gasteiger partial charge in [0.05, 0.1) is 22.1 Å². The molecule has 0 bridgehead atoms. The molecule has 0 aliphatic heterocycles. The number of aliphatic hydroxyl groups is 1. The van der Waals surface area contributed by atoms with Gasteiger partial charge in [-0.2, -0.15) is 5.26 Å². The molecule has 0 heterocycles. The number of halogens is 2. The third-order valence-electron chi connectivity index (χ3n) is 3.69. The van der Waals surface area contributed by atoms with E-state index in [1.165, 1.54) is 18.2 Å². The summed E-state index contributed by atoms with van der Waals surface area (Å²) in [5.41, 5.74) is 0.000416. The maximum atomic E-state index is 13.9. The minimum absolute atomic E-state index is 0.0188. The van der Waals surface area contributed by atoms with Crippen LogP contribution in [0.2, 0.25) is 0 Å². The molecule has 0 amide bonds. The summed E-state index contributed by atoms with van der Waals surface area (Å²) in [6.45, 7) is 0. The van der Waals surface area contributed by atoms with Crippen LogP contribution in [-0.2, 0) is 16.3 Å². The Labute approximate surface area is 142 Å².